The number of hydrogen-bond acceptors (Lipinski definition) is 8. The molecule has 1 aromatic heterocycles. The van der Waals surface area contributed by atoms with Crippen LogP contribution < -0.4 is 15.8 Å². The second kappa shape index (κ2) is 16.5. The van der Waals surface area contributed by atoms with Crippen molar-refractivity contribution in [1.29, 1.82) is 0 Å². The van der Waals surface area contributed by atoms with E-state index >= 15 is 0 Å². The number of alkyl halides is 1. The Labute approximate surface area is 258 Å². The van der Waals surface area contributed by atoms with Gasteiger partial charge in [0.05, 0.1) is 38.2 Å². The van der Waals surface area contributed by atoms with E-state index in [1.807, 2.05) is 30.3 Å². The Morgan fingerprint density at radius 3 is 2.45 bits per heavy atom. The molecule has 4 rings (SSSR count). The molecule has 1 amide bonds. The number of likely N-dealkylation sites (tertiary alicyclic amines) is 1. The van der Waals surface area contributed by atoms with Crippen LogP contribution in [0.2, 0.25) is 0 Å². The number of anilines is 2. The van der Waals surface area contributed by atoms with Crippen LogP contribution in [0.4, 0.5) is 15.8 Å². The molecule has 44 heavy (non-hydrogen) atoms. The molecule has 0 saturated carbocycles. The third-order valence-corrected chi connectivity index (χ3v) is 9.27. The molecule has 238 valence electrons. The van der Waals surface area contributed by atoms with E-state index in [9.17, 15) is 22.7 Å². The number of nitrogen functional groups attached to an aromatic ring is 1. The summed E-state index contributed by atoms with van der Waals surface area (Å²) in [6, 6.07) is 16.9. The molecule has 2 aromatic carbocycles. The standard InChI is InChI=1S/C32H42FN5O5S/c33-14-10-24-12-16-38(17-13-24)32(40)30(21-26-6-8-27(34)9-7-26)37-44(41,42)31-22-35-15-11-29(31)36-28(23-43-19-18-39)20-25-4-2-1-3-5-25/h1-9,11,15,22,24,28,30,37,39H,10,12-14,16-21,23,34H2,(H,35,36)/t28-,30-/m0/s1. The highest BCUT2D eigenvalue weighted by Crippen LogP contribution is 2.25. The van der Waals surface area contributed by atoms with Gasteiger partial charge in [-0.2, -0.15) is 4.72 Å². The van der Waals surface area contributed by atoms with E-state index in [1.54, 1.807) is 35.2 Å². The van der Waals surface area contributed by atoms with Gasteiger partial charge in [0.25, 0.3) is 0 Å². The van der Waals surface area contributed by atoms with Crippen LogP contribution in [0.1, 0.15) is 30.4 Å². The number of nitrogens with one attached hydrogen (secondary N) is 2. The number of piperidine rings is 1. The van der Waals surface area contributed by atoms with Crippen molar-refractivity contribution in [3.8, 4) is 0 Å². The van der Waals surface area contributed by atoms with Gasteiger partial charge < -0.3 is 25.8 Å². The zero-order chi connectivity index (χ0) is 31.4. The number of aliphatic hydroxyl groups excluding tert-OH is 1. The summed E-state index contributed by atoms with van der Waals surface area (Å²) >= 11 is 0. The Hall–Kier alpha value is -3.58. The molecule has 0 unspecified atom stereocenters. The predicted molar refractivity (Wildman–Crippen MR) is 168 cm³/mol. The van der Waals surface area contributed by atoms with Crippen molar-refractivity contribution in [2.24, 2.45) is 5.92 Å². The molecule has 2 heterocycles. The van der Waals surface area contributed by atoms with Crippen molar-refractivity contribution in [3.05, 3.63) is 84.2 Å². The molecule has 1 aliphatic rings. The molecule has 10 nitrogen and oxygen atoms in total. The normalized spacial score (nSPS) is 15.5. The molecule has 0 bridgehead atoms. The Bertz CT molecular complexity index is 1420. The fourth-order valence-electron chi connectivity index (χ4n) is 5.41. The summed E-state index contributed by atoms with van der Waals surface area (Å²) in [7, 11) is -4.24. The number of aromatic nitrogens is 1. The maximum Gasteiger partial charge on any atom is 0.244 e. The van der Waals surface area contributed by atoms with E-state index in [4.69, 9.17) is 10.5 Å². The van der Waals surface area contributed by atoms with Crippen molar-refractivity contribution in [2.45, 2.75) is 49.1 Å². The van der Waals surface area contributed by atoms with Crippen LogP contribution >= 0.6 is 0 Å². The molecule has 5 N–H and O–H groups in total. The smallest absolute Gasteiger partial charge is 0.244 e. The number of hydrogen-bond donors (Lipinski definition) is 4. The fraction of sp³-hybridized carbons (Fsp3) is 0.438. The van der Waals surface area contributed by atoms with Gasteiger partial charge in [-0.15, -0.1) is 0 Å². The summed E-state index contributed by atoms with van der Waals surface area (Å²) < 4.78 is 49.0. The number of aliphatic hydroxyl groups is 1. The number of carbonyl (C=O) groups is 1. The lowest BCUT2D eigenvalue weighted by atomic mass is 9.93. The van der Waals surface area contributed by atoms with Crippen molar-refractivity contribution in [3.63, 3.8) is 0 Å². The molecule has 1 saturated heterocycles. The minimum absolute atomic E-state index is 0.100. The van der Waals surface area contributed by atoms with Crippen molar-refractivity contribution in [2.75, 3.05) is 50.6 Å². The zero-order valence-corrected chi connectivity index (χ0v) is 25.6. The first-order chi connectivity index (χ1) is 21.3. The van der Waals surface area contributed by atoms with Crippen LogP contribution in [-0.2, 0) is 32.4 Å². The van der Waals surface area contributed by atoms with E-state index in [1.165, 1.54) is 12.4 Å². The number of benzene rings is 2. The first kappa shape index (κ1) is 33.3. The minimum Gasteiger partial charge on any atom is -0.399 e. The number of carbonyl (C=O) groups excluding carboxylic acids is 1. The Morgan fingerprint density at radius 2 is 1.77 bits per heavy atom. The number of amides is 1. The predicted octanol–water partition coefficient (Wildman–Crippen LogP) is 3.18. The third kappa shape index (κ3) is 9.71. The lowest BCUT2D eigenvalue weighted by Crippen LogP contribution is -2.51. The minimum atomic E-state index is -4.24. The lowest BCUT2D eigenvalue weighted by Gasteiger charge is -2.34. The number of ether oxygens (including phenoxy) is 1. The summed E-state index contributed by atoms with van der Waals surface area (Å²) in [6.07, 6.45) is 5.23. The van der Waals surface area contributed by atoms with Gasteiger partial charge in [0.2, 0.25) is 15.9 Å². The monoisotopic (exact) mass is 627 g/mol. The van der Waals surface area contributed by atoms with Crippen LogP contribution in [0.5, 0.6) is 0 Å². The Morgan fingerprint density at radius 1 is 1.07 bits per heavy atom. The average Bonchev–Trinajstić information content (AvgIpc) is 3.03. The van der Waals surface area contributed by atoms with Crippen LogP contribution in [0.25, 0.3) is 0 Å². The SMILES string of the molecule is Nc1ccc(C[C@H](NS(=O)(=O)c2cnccc2N[C@H](COCCO)Cc2ccccc2)C(=O)N2CCC(CCF)CC2)cc1. The molecular formula is C32H42FN5O5S. The van der Waals surface area contributed by atoms with Crippen LogP contribution in [-0.4, -0.2) is 81.0 Å². The average molecular weight is 628 g/mol. The summed E-state index contributed by atoms with van der Waals surface area (Å²) in [4.78, 5) is 19.4. The number of nitrogens with zero attached hydrogens (tertiary/aromatic N) is 2. The quantitative estimate of drug-likeness (QED) is 0.140. The molecule has 1 fully saturated rings. The number of halogens is 1. The van der Waals surface area contributed by atoms with Gasteiger partial charge in [-0.05, 0) is 67.3 Å². The van der Waals surface area contributed by atoms with Gasteiger partial charge in [-0.1, -0.05) is 42.5 Å². The highest BCUT2D eigenvalue weighted by atomic mass is 32.2. The molecule has 3 aromatic rings. The Kier molecular flexibility index (Phi) is 12.5. The number of rotatable bonds is 16. The van der Waals surface area contributed by atoms with E-state index in [2.05, 4.69) is 15.0 Å². The van der Waals surface area contributed by atoms with Crippen LogP contribution in [0.15, 0.2) is 78.0 Å². The summed E-state index contributed by atoms with van der Waals surface area (Å²) in [6.45, 7) is 0.737. The summed E-state index contributed by atoms with van der Waals surface area (Å²) in [5.41, 5.74) is 8.49. The molecular weight excluding hydrogens is 585 g/mol. The molecule has 0 radical (unpaired) electrons. The highest BCUT2D eigenvalue weighted by molar-refractivity contribution is 7.89. The molecule has 2 atom stereocenters. The second-order valence-electron chi connectivity index (χ2n) is 11.1. The van der Waals surface area contributed by atoms with Crippen LogP contribution in [0.3, 0.4) is 0 Å². The molecule has 0 aliphatic carbocycles. The van der Waals surface area contributed by atoms with E-state index in [-0.39, 0.29) is 55.7 Å². The zero-order valence-electron chi connectivity index (χ0n) is 24.8. The van der Waals surface area contributed by atoms with E-state index in [0.29, 0.717) is 50.1 Å². The number of nitrogens with two attached hydrogens (primary N) is 1. The van der Waals surface area contributed by atoms with Crippen molar-refractivity contribution in [1.82, 2.24) is 14.6 Å². The van der Waals surface area contributed by atoms with Gasteiger partial charge in [-0.3, -0.25) is 14.2 Å². The van der Waals surface area contributed by atoms with Crippen molar-refractivity contribution < 1.29 is 27.4 Å². The molecule has 0 spiro atoms. The topological polar surface area (TPSA) is 147 Å². The van der Waals surface area contributed by atoms with Crippen LogP contribution in [0, 0.1) is 5.92 Å². The molecule has 1 aliphatic heterocycles. The maximum absolute atomic E-state index is 13.9. The van der Waals surface area contributed by atoms with Gasteiger partial charge in [-0.25, -0.2) is 8.42 Å². The third-order valence-electron chi connectivity index (χ3n) is 7.77. The van der Waals surface area contributed by atoms with Gasteiger partial charge in [0, 0.05) is 31.2 Å². The Balaban J connectivity index is 1.57. The van der Waals surface area contributed by atoms with Gasteiger partial charge >= 0.3 is 0 Å². The van der Waals surface area contributed by atoms with Gasteiger partial charge in [0.1, 0.15) is 10.9 Å². The first-order valence-corrected chi connectivity index (χ1v) is 16.4. The summed E-state index contributed by atoms with van der Waals surface area (Å²) in [5, 5.41) is 12.5. The largest absolute Gasteiger partial charge is 0.399 e. The summed E-state index contributed by atoms with van der Waals surface area (Å²) in [5.74, 6) is -0.118. The van der Waals surface area contributed by atoms with E-state index < -0.39 is 16.1 Å². The first-order valence-electron chi connectivity index (χ1n) is 14.9. The van der Waals surface area contributed by atoms with Gasteiger partial charge in [0.15, 0.2) is 0 Å². The highest BCUT2D eigenvalue weighted by Gasteiger charge is 2.33. The molecule has 12 heteroatoms. The number of sulfonamides is 1. The second-order valence-corrected chi connectivity index (χ2v) is 12.7. The number of pyridine rings is 1. The van der Waals surface area contributed by atoms with Crippen molar-refractivity contribution >= 4 is 27.3 Å². The fourth-order valence-corrected chi connectivity index (χ4v) is 6.71. The maximum atomic E-state index is 13.9. The lowest BCUT2D eigenvalue weighted by molar-refractivity contribution is -0.134. The van der Waals surface area contributed by atoms with E-state index in [0.717, 1.165) is 11.1 Å².